The molecular weight excluding hydrogens is 554 g/mol. The molecule has 3 aromatic rings. The van der Waals surface area contributed by atoms with Gasteiger partial charge in [0.2, 0.25) is 11.8 Å². The molecule has 3 aromatic carbocycles. The van der Waals surface area contributed by atoms with Gasteiger partial charge in [0.05, 0.1) is 24.8 Å². The van der Waals surface area contributed by atoms with Crippen LogP contribution < -0.4 is 19.1 Å². The molecule has 1 N–H and O–H groups in total. The van der Waals surface area contributed by atoms with Gasteiger partial charge in [-0.05, 0) is 63.4 Å². The zero-order valence-corrected chi connectivity index (χ0v) is 26.0. The van der Waals surface area contributed by atoms with Gasteiger partial charge in [-0.15, -0.1) is 0 Å². The predicted octanol–water partition coefficient (Wildman–Crippen LogP) is 4.58. The number of hydrogen-bond acceptors (Lipinski definition) is 6. The van der Waals surface area contributed by atoms with Crippen LogP contribution in [-0.4, -0.2) is 64.5 Å². The first-order chi connectivity index (χ1) is 20.0. The molecule has 0 aliphatic heterocycles. The Balaban J connectivity index is 2.01. The van der Waals surface area contributed by atoms with Gasteiger partial charge in [-0.2, -0.15) is 0 Å². The largest absolute Gasteiger partial charge is 0.493 e. The summed E-state index contributed by atoms with van der Waals surface area (Å²) < 4.78 is 39.9. The third-order valence-corrected chi connectivity index (χ3v) is 8.97. The summed E-state index contributed by atoms with van der Waals surface area (Å²) in [4.78, 5) is 28.6. The van der Waals surface area contributed by atoms with Crippen molar-refractivity contribution in [3.63, 3.8) is 0 Å². The Morgan fingerprint density at radius 2 is 1.55 bits per heavy atom. The maximum absolute atomic E-state index is 14.1. The number of benzene rings is 3. The first kappa shape index (κ1) is 32.5. The number of ether oxygens (including phenoxy) is 2. The number of nitrogens with one attached hydrogen (secondary N) is 1. The lowest BCUT2D eigenvalue weighted by Crippen LogP contribution is -2.53. The van der Waals surface area contributed by atoms with E-state index in [1.807, 2.05) is 51.1 Å². The van der Waals surface area contributed by atoms with Gasteiger partial charge in [0.15, 0.2) is 11.5 Å². The highest BCUT2D eigenvalue weighted by Crippen LogP contribution is 2.32. The van der Waals surface area contributed by atoms with E-state index in [9.17, 15) is 18.0 Å². The van der Waals surface area contributed by atoms with E-state index in [4.69, 9.17) is 9.47 Å². The van der Waals surface area contributed by atoms with Crippen molar-refractivity contribution >= 4 is 27.5 Å². The van der Waals surface area contributed by atoms with E-state index >= 15 is 0 Å². The Bertz CT molecular complexity index is 1440. The zero-order chi connectivity index (χ0) is 30.9. The number of carbonyl (C=O) groups excluding carboxylic acids is 2. The molecule has 0 aliphatic carbocycles. The van der Waals surface area contributed by atoms with E-state index in [0.717, 1.165) is 21.9 Å². The number of aryl methyl sites for hydroxylation is 1. The number of anilines is 1. The molecule has 0 saturated carbocycles. The number of hydrogen-bond donors (Lipinski definition) is 1. The summed E-state index contributed by atoms with van der Waals surface area (Å²) in [6, 6.07) is 19.9. The molecule has 0 spiro atoms. The Morgan fingerprint density at radius 3 is 2.14 bits per heavy atom. The van der Waals surface area contributed by atoms with Crippen molar-refractivity contribution in [2.45, 2.75) is 57.5 Å². The minimum atomic E-state index is -4.24. The molecule has 9 nitrogen and oxygen atoms in total. The van der Waals surface area contributed by atoms with E-state index in [-0.39, 0.29) is 29.1 Å². The molecule has 0 aromatic heterocycles. The molecule has 2 atom stereocenters. The fourth-order valence-electron chi connectivity index (χ4n) is 4.38. The van der Waals surface area contributed by atoms with E-state index in [0.29, 0.717) is 17.9 Å². The Morgan fingerprint density at radius 1 is 0.905 bits per heavy atom. The Hall–Kier alpha value is -4.05. The highest BCUT2D eigenvalue weighted by atomic mass is 32.2. The van der Waals surface area contributed by atoms with Gasteiger partial charge < -0.3 is 19.7 Å². The van der Waals surface area contributed by atoms with Crippen LogP contribution in [-0.2, 0) is 26.0 Å². The molecule has 0 unspecified atom stereocenters. The molecule has 2 amide bonds. The van der Waals surface area contributed by atoms with Crippen LogP contribution in [0.25, 0.3) is 0 Å². The van der Waals surface area contributed by atoms with Gasteiger partial charge in [-0.1, -0.05) is 55.0 Å². The van der Waals surface area contributed by atoms with Crippen molar-refractivity contribution < 1.29 is 27.5 Å². The topological polar surface area (TPSA) is 105 Å². The first-order valence-electron chi connectivity index (χ1n) is 14.0. The van der Waals surface area contributed by atoms with Crippen LogP contribution in [0, 0.1) is 6.92 Å². The smallest absolute Gasteiger partial charge is 0.264 e. The van der Waals surface area contributed by atoms with Crippen LogP contribution in [0.15, 0.2) is 77.7 Å². The summed E-state index contributed by atoms with van der Waals surface area (Å²) in [6.07, 6.45) is 1.24. The molecule has 0 radical (unpaired) electrons. The molecule has 0 fully saturated rings. The SMILES string of the molecule is CC[C@@H](C)NC(=O)[C@@H](C)N(CCc1ccccc1)C(=O)CN(c1ccc(C)cc1)S(=O)(=O)c1ccc(OC)c(OC)c1. The van der Waals surface area contributed by atoms with Crippen molar-refractivity contribution in [1.29, 1.82) is 0 Å². The van der Waals surface area contributed by atoms with Crippen LogP contribution in [0.1, 0.15) is 38.3 Å². The van der Waals surface area contributed by atoms with Gasteiger partial charge in [-0.25, -0.2) is 8.42 Å². The Labute approximate surface area is 249 Å². The average molecular weight is 596 g/mol. The van der Waals surface area contributed by atoms with Crippen molar-refractivity contribution in [1.82, 2.24) is 10.2 Å². The quantitative estimate of drug-likeness (QED) is 0.293. The molecule has 3 rings (SSSR count). The van der Waals surface area contributed by atoms with Gasteiger partial charge in [-0.3, -0.25) is 13.9 Å². The second kappa shape index (κ2) is 14.7. The molecule has 0 heterocycles. The van der Waals surface area contributed by atoms with Crippen LogP contribution >= 0.6 is 0 Å². The number of sulfonamides is 1. The second-order valence-corrected chi connectivity index (χ2v) is 12.0. The minimum absolute atomic E-state index is 0.0630. The lowest BCUT2D eigenvalue weighted by atomic mass is 10.1. The minimum Gasteiger partial charge on any atom is -0.493 e. The van der Waals surface area contributed by atoms with E-state index in [1.54, 1.807) is 31.2 Å². The summed E-state index contributed by atoms with van der Waals surface area (Å²) in [6.45, 7) is 7.15. The predicted molar refractivity (Wildman–Crippen MR) is 164 cm³/mol. The van der Waals surface area contributed by atoms with Gasteiger partial charge >= 0.3 is 0 Å². The number of nitrogens with zero attached hydrogens (tertiary/aromatic N) is 2. The Kier molecular flexibility index (Phi) is 11.4. The fraction of sp³-hybridized carbons (Fsp3) is 0.375. The van der Waals surface area contributed by atoms with Crippen LogP contribution in [0.2, 0.25) is 0 Å². The molecule has 0 saturated heterocycles. The molecule has 10 heteroatoms. The lowest BCUT2D eigenvalue weighted by molar-refractivity contribution is -0.139. The third kappa shape index (κ3) is 8.03. The average Bonchev–Trinajstić information content (AvgIpc) is 3.00. The lowest BCUT2D eigenvalue weighted by Gasteiger charge is -2.32. The maximum Gasteiger partial charge on any atom is 0.264 e. The third-order valence-electron chi connectivity index (χ3n) is 7.20. The molecular formula is C32H41N3O6S. The van der Waals surface area contributed by atoms with Crippen molar-refractivity contribution in [2.75, 3.05) is 31.6 Å². The van der Waals surface area contributed by atoms with E-state index in [1.165, 1.54) is 37.3 Å². The van der Waals surface area contributed by atoms with Gasteiger partial charge in [0.25, 0.3) is 10.0 Å². The standard InChI is InChI=1S/C32H41N3O6S/c1-7-24(3)33-32(37)25(4)34(20-19-26-11-9-8-10-12-26)31(36)22-35(27-15-13-23(2)14-16-27)42(38,39)28-17-18-29(40-5)30(21-28)41-6/h8-18,21,24-25H,7,19-20,22H2,1-6H3,(H,33,37)/t24-,25-/m1/s1. The molecule has 0 bridgehead atoms. The number of amides is 2. The zero-order valence-electron chi connectivity index (χ0n) is 25.2. The highest BCUT2D eigenvalue weighted by Gasteiger charge is 2.33. The number of rotatable bonds is 14. The van der Waals surface area contributed by atoms with Crippen LogP contribution in [0.4, 0.5) is 5.69 Å². The van der Waals surface area contributed by atoms with Crippen molar-refractivity contribution in [3.05, 3.63) is 83.9 Å². The van der Waals surface area contributed by atoms with Crippen molar-refractivity contribution in [3.8, 4) is 11.5 Å². The second-order valence-electron chi connectivity index (χ2n) is 10.2. The molecule has 0 aliphatic rings. The summed E-state index contributed by atoms with van der Waals surface area (Å²) in [7, 11) is -1.35. The maximum atomic E-state index is 14.1. The molecule has 226 valence electrons. The normalized spacial score (nSPS) is 12.6. The van der Waals surface area contributed by atoms with E-state index < -0.39 is 28.5 Å². The van der Waals surface area contributed by atoms with Crippen molar-refractivity contribution in [2.24, 2.45) is 0 Å². The van der Waals surface area contributed by atoms with Crippen LogP contribution in [0.5, 0.6) is 11.5 Å². The monoisotopic (exact) mass is 595 g/mol. The van der Waals surface area contributed by atoms with Gasteiger partial charge in [0.1, 0.15) is 12.6 Å². The summed E-state index contributed by atoms with van der Waals surface area (Å²) in [5.41, 5.74) is 2.26. The fourth-order valence-corrected chi connectivity index (χ4v) is 5.81. The van der Waals surface area contributed by atoms with Gasteiger partial charge in [0, 0.05) is 18.7 Å². The number of methoxy groups -OCH3 is 2. The summed E-state index contributed by atoms with van der Waals surface area (Å²) >= 11 is 0. The molecule has 42 heavy (non-hydrogen) atoms. The summed E-state index contributed by atoms with van der Waals surface area (Å²) in [5, 5.41) is 2.94. The summed E-state index contributed by atoms with van der Waals surface area (Å²) in [5.74, 6) is -0.172. The highest BCUT2D eigenvalue weighted by molar-refractivity contribution is 7.92. The number of carbonyl (C=O) groups is 2. The van der Waals surface area contributed by atoms with Crippen LogP contribution in [0.3, 0.4) is 0 Å². The van der Waals surface area contributed by atoms with E-state index in [2.05, 4.69) is 5.32 Å². The first-order valence-corrected chi connectivity index (χ1v) is 15.4.